The van der Waals surface area contributed by atoms with Crippen molar-refractivity contribution in [3.8, 4) is 6.07 Å². The Morgan fingerprint density at radius 3 is 3.15 bits per heavy atom. The summed E-state index contributed by atoms with van der Waals surface area (Å²) in [6.45, 7) is 3.36. The van der Waals surface area contributed by atoms with Gasteiger partial charge in [-0.1, -0.05) is 0 Å². The first-order valence-electron chi connectivity index (χ1n) is 4.35. The summed E-state index contributed by atoms with van der Waals surface area (Å²) in [5.74, 6) is 0. The molecule has 0 amide bonds. The molecule has 2 heterocycles. The first kappa shape index (κ1) is 8.27. The molecule has 4 nitrogen and oxygen atoms in total. The van der Waals surface area contributed by atoms with Crippen LogP contribution in [0.5, 0.6) is 0 Å². The molecule has 1 saturated heterocycles. The lowest BCUT2D eigenvalue weighted by atomic mass is 10.2. The standard InChI is InChI=1S/C9H11N3O/c1-7-8(4-10)5-12(11-7)9-2-3-13-6-9/h5,9H,2-3,6H2,1H3. The first-order chi connectivity index (χ1) is 6.31. The van der Waals surface area contributed by atoms with Gasteiger partial charge in [-0.2, -0.15) is 10.4 Å². The van der Waals surface area contributed by atoms with E-state index < -0.39 is 0 Å². The molecule has 0 spiro atoms. The molecular formula is C9H11N3O. The van der Waals surface area contributed by atoms with Crippen molar-refractivity contribution in [1.29, 1.82) is 5.26 Å². The van der Waals surface area contributed by atoms with Crippen molar-refractivity contribution in [3.63, 3.8) is 0 Å². The second-order valence-corrected chi connectivity index (χ2v) is 3.24. The molecule has 1 fully saturated rings. The zero-order valence-electron chi connectivity index (χ0n) is 7.53. The van der Waals surface area contributed by atoms with Crippen LogP contribution in [0.2, 0.25) is 0 Å². The summed E-state index contributed by atoms with van der Waals surface area (Å²) in [4.78, 5) is 0. The van der Waals surface area contributed by atoms with E-state index in [4.69, 9.17) is 10.00 Å². The molecular weight excluding hydrogens is 166 g/mol. The third-order valence-corrected chi connectivity index (χ3v) is 2.32. The van der Waals surface area contributed by atoms with Gasteiger partial charge in [-0.3, -0.25) is 4.68 Å². The maximum Gasteiger partial charge on any atom is 0.103 e. The lowest BCUT2D eigenvalue weighted by Gasteiger charge is -2.06. The summed E-state index contributed by atoms with van der Waals surface area (Å²) in [7, 11) is 0. The topological polar surface area (TPSA) is 50.8 Å². The van der Waals surface area contributed by atoms with E-state index in [1.54, 1.807) is 6.20 Å². The minimum Gasteiger partial charge on any atom is -0.379 e. The fraction of sp³-hybridized carbons (Fsp3) is 0.556. The van der Waals surface area contributed by atoms with Gasteiger partial charge in [-0.05, 0) is 13.3 Å². The Balaban J connectivity index is 2.26. The van der Waals surface area contributed by atoms with Crippen LogP contribution in [-0.4, -0.2) is 23.0 Å². The SMILES string of the molecule is Cc1nn(C2CCOC2)cc1C#N. The highest BCUT2D eigenvalue weighted by molar-refractivity contribution is 5.29. The Labute approximate surface area is 76.7 Å². The van der Waals surface area contributed by atoms with E-state index in [1.165, 1.54) is 0 Å². The molecule has 0 radical (unpaired) electrons. The summed E-state index contributed by atoms with van der Waals surface area (Å²) >= 11 is 0. The highest BCUT2D eigenvalue weighted by Gasteiger charge is 2.19. The number of aromatic nitrogens is 2. The molecule has 1 aromatic heterocycles. The van der Waals surface area contributed by atoms with Crippen LogP contribution in [0.25, 0.3) is 0 Å². The first-order valence-corrected chi connectivity index (χ1v) is 4.35. The van der Waals surface area contributed by atoms with Crippen molar-refractivity contribution in [3.05, 3.63) is 17.5 Å². The normalized spacial score (nSPS) is 21.7. The van der Waals surface area contributed by atoms with Gasteiger partial charge < -0.3 is 4.74 Å². The number of ether oxygens (including phenoxy) is 1. The average Bonchev–Trinajstić information content (AvgIpc) is 2.71. The van der Waals surface area contributed by atoms with Gasteiger partial charge in [0.05, 0.1) is 23.9 Å². The van der Waals surface area contributed by atoms with Gasteiger partial charge in [-0.25, -0.2) is 0 Å². The quantitative estimate of drug-likeness (QED) is 0.643. The van der Waals surface area contributed by atoms with Crippen LogP contribution in [0, 0.1) is 18.3 Å². The van der Waals surface area contributed by atoms with Gasteiger partial charge in [-0.15, -0.1) is 0 Å². The minimum absolute atomic E-state index is 0.320. The molecule has 13 heavy (non-hydrogen) atoms. The third-order valence-electron chi connectivity index (χ3n) is 2.32. The van der Waals surface area contributed by atoms with Crippen LogP contribution in [-0.2, 0) is 4.74 Å². The maximum atomic E-state index is 8.74. The fourth-order valence-electron chi connectivity index (χ4n) is 1.51. The Bertz CT molecular complexity index is 344. The molecule has 1 aliphatic rings. The van der Waals surface area contributed by atoms with Crippen LogP contribution in [0.3, 0.4) is 0 Å². The summed E-state index contributed by atoms with van der Waals surface area (Å²) < 4.78 is 7.10. The summed E-state index contributed by atoms with van der Waals surface area (Å²) in [6.07, 6.45) is 2.79. The lowest BCUT2D eigenvalue weighted by Crippen LogP contribution is -2.08. The van der Waals surface area contributed by atoms with Crippen molar-refractivity contribution in [2.24, 2.45) is 0 Å². The van der Waals surface area contributed by atoms with E-state index in [-0.39, 0.29) is 0 Å². The zero-order valence-corrected chi connectivity index (χ0v) is 7.53. The van der Waals surface area contributed by atoms with Crippen LogP contribution in [0.4, 0.5) is 0 Å². The van der Waals surface area contributed by atoms with Gasteiger partial charge in [0.1, 0.15) is 6.07 Å². The summed E-state index contributed by atoms with van der Waals surface area (Å²) in [5, 5.41) is 13.0. The van der Waals surface area contributed by atoms with E-state index in [1.807, 2.05) is 11.6 Å². The molecule has 1 atom stereocenters. The van der Waals surface area contributed by atoms with Crippen LogP contribution >= 0.6 is 0 Å². The number of rotatable bonds is 1. The molecule has 1 aliphatic heterocycles. The van der Waals surface area contributed by atoms with Gasteiger partial charge in [0.15, 0.2) is 0 Å². The van der Waals surface area contributed by atoms with Crippen LogP contribution < -0.4 is 0 Å². The van der Waals surface area contributed by atoms with Crippen LogP contribution in [0.1, 0.15) is 23.7 Å². The molecule has 0 bridgehead atoms. The van der Waals surface area contributed by atoms with E-state index in [0.717, 1.165) is 18.7 Å². The van der Waals surface area contributed by atoms with E-state index >= 15 is 0 Å². The number of hydrogen-bond donors (Lipinski definition) is 0. The summed E-state index contributed by atoms with van der Waals surface area (Å²) in [5.41, 5.74) is 1.46. The summed E-state index contributed by atoms with van der Waals surface area (Å²) in [6, 6.07) is 2.44. The largest absolute Gasteiger partial charge is 0.379 e. The molecule has 0 N–H and O–H groups in total. The van der Waals surface area contributed by atoms with Gasteiger partial charge in [0.25, 0.3) is 0 Å². The smallest absolute Gasteiger partial charge is 0.103 e. The molecule has 0 aliphatic carbocycles. The van der Waals surface area contributed by atoms with E-state index in [2.05, 4.69) is 11.2 Å². The Hall–Kier alpha value is -1.34. The lowest BCUT2D eigenvalue weighted by molar-refractivity contribution is 0.184. The molecule has 68 valence electrons. The molecule has 4 heteroatoms. The predicted molar refractivity (Wildman–Crippen MR) is 46.2 cm³/mol. The second kappa shape index (κ2) is 3.19. The second-order valence-electron chi connectivity index (χ2n) is 3.24. The molecule has 0 saturated carbocycles. The van der Waals surface area contributed by atoms with Crippen molar-refractivity contribution in [2.45, 2.75) is 19.4 Å². The van der Waals surface area contributed by atoms with Crippen molar-refractivity contribution < 1.29 is 4.74 Å². The number of aryl methyl sites for hydroxylation is 1. The number of nitriles is 1. The average molecular weight is 177 g/mol. The van der Waals surface area contributed by atoms with Crippen molar-refractivity contribution in [1.82, 2.24) is 9.78 Å². The van der Waals surface area contributed by atoms with Gasteiger partial charge >= 0.3 is 0 Å². The minimum atomic E-state index is 0.320. The highest BCUT2D eigenvalue weighted by atomic mass is 16.5. The molecule has 1 aromatic rings. The number of hydrogen-bond acceptors (Lipinski definition) is 3. The number of nitrogens with zero attached hydrogens (tertiary/aromatic N) is 3. The van der Waals surface area contributed by atoms with Crippen molar-refractivity contribution >= 4 is 0 Å². The van der Waals surface area contributed by atoms with Gasteiger partial charge in [0.2, 0.25) is 0 Å². The van der Waals surface area contributed by atoms with Crippen molar-refractivity contribution in [2.75, 3.05) is 13.2 Å². The van der Waals surface area contributed by atoms with Crippen LogP contribution in [0.15, 0.2) is 6.20 Å². The maximum absolute atomic E-state index is 8.74. The fourth-order valence-corrected chi connectivity index (χ4v) is 1.51. The van der Waals surface area contributed by atoms with E-state index in [9.17, 15) is 0 Å². The Morgan fingerprint density at radius 1 is 1.77 bits per heavy atom. The third kappa shape index (κ3) is 1.43. The highest BCUT2D eigenvalue weighted by Crippen LogP contribution is 2.19. The molecule has 0 aromatic carbocycles. The molecule has 1 unspecified atom stereocenters. The Morgan fingerprint density at radius 2 is 2.62 bits per heavy atom. The zero-order chi connectivity index (χ0) is 9.26. The predicted octanol–water partition coefficient (Wildman–Crippen LogP) is 1.02. The van der Waals surface area contributed by atoms with E-state index in [0.29, 0.717) is 18.2 Å². The molecule has 2 rings (SSSR count). The Kier molecular flexibility index (Phi) is 2.03. The monoisotopic (exact) mass is 177 g/mol. The van der Waals surface area contributed by atoms with Gasteiger partial charge in [0, 0.05) is 12.8 Å².